The Kier molecular flexibility index (Phi) is 3.19. The fourth-order valence-electron chi connectivity index (χ4n) is 2.44. The van der Waals surface area contributed by atoms with Crippen molar-refractivity contribution in [3.8, 4) is 0 Å². The summed E-state index contributed by atoms with van der Waals surface area (Å²) in [4.78, 5) is 4.17. The largest absolute Gasteiger partial charge is 0.323 e. The number of allylic oxidation sites excluding steroid dienone is 1. The number of nitrogens with zero attached hydrogens (tertiary/aromatic N) is 5. The maximum Gasteiger partial charge on any atom is 0.248 e. The van der Waals surface area contributed by atoms with Gasteiger partial charge >= 0.3 is 0 Å². The minimum atomic E-state index is -0.0606. The van der Waals surface area contributed by atoms with Crippen LogP contribution in [0, 0.1) is 0 Å². The van der Waals surface area contributed by atoms with E-state index in [1.165, 1.54) is 0 Å². The molecule has 1 aliphatic rings. The van der Waals surface area contributed by atoms with Crippen LogP contribution in [-0.2, 0) is 0 Å². The lowest BCUT2D eigenvalue weighted by molar-refractivity contribution is 0.586. The van der Waals surface area contributed by atoms with Gasteiger partial charge in [-0.25, -0.2) is 0 Å². The molecule has 22 heavy (non-hydrogen) atoms. The molecule has 3 heterocycles. The second kappa shape index (κ2) is 5.34. The van der Waals surface area contributed by atoms with E-state index in [0.717, 1.165) is 21.3 Å². The smallest absolute Gasteiger partial charge is 0.248 e. The summed E-state index contributed by atoms with van der Waals surface area (Å²) in [6, 6.07) is 12.0. The fourth-order valence-corrected chi connectivity index (χ4v) is 2.71. The molecule has 3 aromatic rings. The first kappa shape index (κ1) is 13.1. The molecule has 0 unspecified atom stereocenters. The van der Waals surface area contributed by atoms with Gasteiger partial charge in [0.1, 0.15) is 6.04 Å². The molecule has 6 nitrogen and oxygen atoms in total. The Morgan fingerprint density at radius 2 is 2.00 bits per heavy atom. The van der Waals surface area contributed by atoms with Crippen LogP contribution in [0.4, 0.5) is 5.95 Å². The number of pyridine rings is 1. The number of rotatable bonds is 2. The van der Waals surface area contributed by atoms with E-state index in [1.807, 2.05) is 30.5 Å². The van der Waals surface area contributed by atoms with E-state index >= 15 is 0 Å². The van der Waals surface area contributed by atoms with Crippen molar-refractivity contribution in [3.05, 3.63) is 70.5 Å². The van der Waals surface area contributed by atoms with Crippen molar-refractivity contribution in [2.45, 2.75) is 6.04 Å². The Hall–Kier alpha value is -2.54. The van der Waals surface area contributed by atoms with E-state index in [2.05, 4.69) is 60.0 Å². The first-order valence-corrected chi connectivity index (χ1v) is 7.53. The van der Waals surface area contributed by atoms with Gasteiger partial charge in [-0.2, -0.15) is 4.68 Å². The summed E-state index contributed by atoms with van der Waals surface area (Å²) < 4.78 is 2.81. The second-order valence-electron chi connectivity index (χ2n) is 4.89. The van der Waals surface area contributed by atoms with Gasteiger partial charge in [0.2, 0.25) is 5.95 Å². The standard InChI is InChI=1S/C15H11BrN6/c16-12-5-3-10(4-6-12)14-8-13(11-2-1-7-17-9-11)18-15-19-20-21-22(14)15/h1-9,14H,(H,18,19,21)/t14-/m0/s1. The van der Waals surface area contributed by atoms with Crippen LogP contribution in [0.2, 0.25) is 0 Å². The molecule has 0 amide bonds. The Morgan fingerprint density at radius 1 is 1.14 bits per heavy atom. The summed E-state index contributed by atoms with van der Waals surface area (Å²) in [5.41, 5.74) is 3.06. The third-order valence-electron chi connectivity index (χ3n) is 3.51. The van der Waals surface area contributed by atoms with Gasteiger partial charge in [0, 0.05) is 28.1 Å². The zero-order chi connectivity index (χ0) is 14.9. The number of hydrogen-bond donors (Lipinski definition) is 1. The lowest BCUT2D eigenvalue weighted by Gasteiger charge is -2.23. The highest BCUT2D eigenvalue weighted by molar-refractivity contribution is 9.10. The molecule has 2 aromatic heterocycles. The molecule has 4 rings (SSSR count). The second-order valence-corrected chi connectivity index (χ2v) is 5.81. The highest BCUT2D eigenvalue weighted by Gasteiger charge is 2.24. The minimum Gasteiger partial charge on any atom is -0.323 e. The number of tetrazole rings is 1. The first-order valence-electron chi connectivity index (χ1n) is 6.74. The molecule has 0 fully saturated rings. The SMILES string of the molecule is Brc1ccc([C@@H]2C=C(c3cccnc3)Nc3nnnn32)cc1. The van der Waals surface area contributed by atoms with Gasteiger partial charge in [-0.05, 0) is 46.3 Å². The zero-order valence-corrected chi connectivity index (χ0v) is 13.0. The molecule has 1 aliphatic heterocycles. The number of anilines is 1. The van der Waals surface area contributed by atoms with Gasteiger partial charge in [0.15, 0.2) is 0 Å². The molecular formula is C15H11BrN6. The highest BCUT2D eigenvalue weighted by Crippen LogP contribution is 2.31. The van der Waals surface area contributed by atoms with Gasteiger partial charge in [-0.3, -0.25) is 4.98 Å². The molecule has 1 N–H and O–H groups in total. The van der Waals surface area contributed by atoms with Crippen molar-refractivity contribution in [2.24, 2.45) is 0 Å². The Labute approximate surface area is 135 Å². The number of nitrogens with one attached hydrogen (secondary N) is 1. The summed E-state index contributed by atoms with van der Waals surface area (Å²) >= 11 is 3.46. The average molecular weight is 355 g/mol. The lowest BCUT2D eigenvalue weighted by atomic mass is 10.0. The number of hydrogen-bond acceptors (Lipinski definition) is 5. The molecule has 0 aliphatic carbocycles. The van der Waals surface area contributed by atoms with Crippen molar-refractivity contribution in [1.82, 2.24) is 25.2 Å². The Bertz CT molecular complexity index is 825. The summed E-state index contributed by atoms with van der Waals surface area (Å²) in [7, 11) is 0. The molecule has 108 valence electrons. The molecule has 1 atom stereocenters. The predicted octanol–water partition coefficient (Wildman–Crippen LogP) is 2.89. The Morgan fingerprint density at radius 3 is 2.77 bits per heavy atom. The van der Waals surface area contributed by atoms with Crippen molar-refractivity contribution < 1.29 is 0 Å². The van der Waals surface area contributed by atoms with Gasteiger partial charge < -0.3 is 5.32 Å². The normalized spacial score (nSPS) is 16.6. The summed E-state index contributed by atoms with van der Waals surface area (Å²) in [6.07, 6.45) is 5.67. The third-order valence-corrected chi connectivity index (χ3v) is 4.04. The lowest BCUT2D eigenvalue weighted by Crippen LogP contribution is -2.20. The summed E-state index contributed by atoms with van der Waals surface area (Å²) in [5.74, 6) is 0.620. The average Bonchev–Trinajstić information content (AvgIpc) is 3.04. The highest BCUT2D eigenvalue weighted by atomic mass is 79.9. The van der Waals surface area contributed by atoms with Crippen LogP contribution in [0.15, 0.2) is 59.3 Å². The van der Waals surface area contributed by atoms with Crippen LogP contribution in [0.3, 0.4) is 0 Å². The predicted molar refractivity (Wildman–Crippen MR) is 85.9 cm³/mol. The van der Waals surface area contributed by atoms with Crippen LogP contribution >= 0.6 is 15.9 Å². The fraction of sp³-hybridized carbons (Fsp3) is 0.0667. The third kappa shape index (κ3) is 2.29. The van der Waals surface area contributed by atoms with E-state index < -0.39 is 0 Å². The van der Waals surface area contributed by atoms with Gasteiger partial charge in [0.25, 0.3) is 0 Å². The number of aromatic nitrogens is 5. The maximum absolute atomic E-state index is 4.17. The first-order chi connectivity index (χ1) is 10.8. The van der Waals surface area contributed by atoms with Crippen LogP contribution in [0.25, 0.3) is 5.70 Å². The zero-order valence-electron chi connectivity index (χ0n) is 11.4. The molecule has 0 bridgehead atoms. The summed E-state index contributed by atoms with van der Waals surface area (Å²) in [6.45, 7) is 0. The topological polar surface area (TPSA) is 68.5 Å². The van der Waals surface area contributed by atoms with Crippen LogP contribution in [0.5, 0.6) is 0 Å². The van der Waals surface area contributed by atoms with E-state index in [9.17, 15) is 0 Å². The van der Waals surface area contributed by atoms with Crippen molar-refractivity contribution >= 4 is 27.6 Å². The number of fused-ring (bicyclic) bond motifs is 1. The van der Waals surface area contributed by atoms with Crippen molar-refractivity contribution in [3.63, 3.8) is 0 Å². The van der Waals surface area contributed by atoms with Crippen molar-refractivity contribution in [2.75, 3.05) is 5.32 Å². The summed E-state index contributed by atoms with van der Waals surface area (Å²) in [5, 5.41) is 15.1. The van der Waals surface area contributed by atoms with Crippen LogP contribution < -0.4 is 5.32 Å². The molecule has 1 aromatic carbocycles. The maximum atomic E-state index is 4.17. The molecule has 7 heteroatoms. The quantitative estimate of drug-likeness (QED) is 0.766. The monoisotopic (exact) mass is 354 g/mol. The van der Waals surface area contributed by atoms with Crippen LogP contribution in [0.1, 0.15) is 17.2 Å². The number of benzene rings is 1. The van der Waals surface area contributed by atoms with Gasteiger partial charge in [-0.15, -0.1) is 0 Å². The van der Waals surface area contributed by atoms with E-state index in [-0.39, 0.29) is 6.04 Å². The Balaban J connectivity index is 1.81. The minimum absolute atomic E-state index is 0.0606. The van der Waals surface area contributed by atoms with E-state index in [1.54, 1.807) is 10.9 Å². The molecule has 0 saturated carbocycles. The van der Waals surface area contributed by atoms with Gasteiger partial charge in [0.05, 0.1) is 0 Å². The number of halogens is 1. The molecule has 0 radical (unpaired) electrons. The van der Waals surface area contributed by atoms with Crippen LogP contribution in [-0.4, -0.2) is 25.2 Å². The molecule has 0 spiro atoms. The molecule has 0 saturated heterocycles. The van der Waals surface area contributed by atoms with Gasteiger partial charge in [-0.1, -0.05) is 33.2 Å². The van der Waals surface area contributed by atoms with E-state index in [4.69, 9.17) is 0 Å². The van der Waals surface area contributed by atoms with E-state index in [0.29, 0.717) is 5.95 Å². The van der Waals surface area contributed by atoms with Crippen molar-refractivity contribution in [1.29, 1.82) is 0 Å². The molecular weight excluding hydrogens is 344 g/mol.